The number of halogens is 2. The van der Waals surface area contributed by atoms with Crippen LogP contribution < -0.4 is 11.1 Å². The van der Waals surface area contributed by atoms with Crippen molar-refractivity contribution in [3.63, 3.8) is 0 Å². The quantitative estimate of drug-likeness (QED) is 0.257. The highest BCUT2D eigenvalue weighted by Gasteiger charge is 2.18. The molecule has 0 aliphatic carbocycles. The zero-order chi connectivity index (χ0) is 22.7. The minimum atomic E-state index is -0.886. The third kappa shape index (κ3) is 5.04. The Kier molecular flexibility index (Phi) is 6.95. The molecule has 0 spiro atoms. The molecular weight excluding hydrogens is 452 g/mol. The number of nitrogens with one attached hydrogen (secondary N) is 1. The first-order valence-electron chi connectivity index (χ1n) is 9.87. The summed E-state index contributed by atoms with van der Waals surface area (Å²) in [5, 5.41) is 14.7. The molecule has 6 nitrogen and oxygen atoms in total. The first-order chi connectivity index (χ1) is 15.4. The van der Waals surface area contributed by atoms with Crippen molar-refractivity contribution in [3.8, 4) is 0 Å². The van der Waals surface area contributed by atoms with Crippen molar-refractivity contribution in [1.29, 1.82) is 0 Å². The SMILES string of the molecule is C[C@@H](NCc1nc(SCc2cccc(F)c2F)nc2nc(N)sc12)[C@@H](O)c1ccccc1. The maximum atomic E-state index is 14.0. The standard InChI is InChI=1S/C22H21F2N5OS2/c1-12(18(30)13-6-3-2-4-7-13)26-10-16-19-20(28-21(25)32-19)29-22(27-16)31-11-14-8-5-9-15(23)17(14)24/h2-9,12,18,26,30H,10-11H2,1H3,(H2,25,27,28,29)/t12-,18-/m1/s1. The average Bonchev–Trinajstić information content (AvgIpc) is 3.18. The molecule has 0 unspecified atom stereocenters. The first kappa shape index (κ1) is 22.5. The third-order valence-electron chi connectivity index (χ3n) is 4.91. The summed E-state index contributed by atoms with van der Waals surface area (Å²) in [4.78, 5) is 13.3. The Bertz CT molecular complexity index is 1220. The molecule has 2 heterocycles. The summed E-state index contributed by atoms with van der Waals surface area (Å²) in [7, 11) is 0. The van der Waals surface area contributed by atoms with Gasteiger partial charge in [0.05, 0.1) is 16.5 Å². The lowest BCUT2D eigenvalue weighted by atomic mass is 10.0. The van der Waals surface area contributed by atoms with Crippen LogP contribution in [0.3, 0.4) is 0 Å². The zero-order valence-electron chi connectivity index (χ0n) is 17.1. The van der Waals surface area contributed by atoms with Crippen LogP contribution in [0.4, 0.5) is 13.9 Å². The molecule has 0 radical (unpaired) electrons. The molecule has 4 N–H and O–H groups in total. The van der Waals surface area contributed by atoms with Crippen LogP contribution in [0.25, 0.3) is 10.3 Å². The number of nitrogen functional groups attached to an aromatic ring is 1. The van der Waals surface area contributed by atoms with Gasteiger partial charge in [0.1, 0.15) is 0 Å². The number of aliphatic hydroxyl groups excluding tert-OH is 1. The van der Waals surface area contributed by atoms with Crippen molar-refractivity contribution in [2.24, 2.45) is 0 Å². The monoisotopic (exact) mass is 473 g/mol. The Balaban J connectivity index is 1.52. The van der Waals surface area contributed by atoms with Gasteiger partial charge in [0.2, 0.25) is 0 Å². The lowest BCUT2D eigenvalue weighted by Gasteiger charge is -2.20. The van der Waals surface area contributed by atoms with Crippen molar-refractivity contribution >= 4 is 38.6 Å². The summed E-state index contributed by atoms with van der Waals surface area (Å²) in [5.74, 6) is -1.59. The second-order valence-corrected chi connectivity index (χ2v) is 9.16. The molecule has 2 atom stereocenters. The average molecular weight is 474 g/mol. The van der Waals surface area contributed by atoms with Crippen LogP contribution in [-0.2, 0) is 12.3 Å². The fraction of sp³-hybridized carbons (Fsp3) is 0.227. The highest BCUT2D eigenvalue weighted by atomic mass is 32.2. The lowest BCUT2D eigenvalue weighted by Crippen LogP contribution is -2.32. The van der Waals surface area contributed by atoms with Crippen LogP contribution in [0.1, 0.15) is 29.8 Å². The van der Waals surface area contributed by atoms with E-state index in [4.69, 9.17) is 5.73 Å². The molecule has 2 aromatic carbocycles. The van der Waals surface area contributed by atoms with Gasteiger partial charge in [-0.15, -0.1) is 0 Å². The number of rotatable bonds is 8. The van der Waals surface area contributed by atoms with E-state index in [0.29, 0.717) is 28.2 Å². The van der Waals surface area contributed by atoms with Gasteiger partial charge in [-0.05, 0) is 18.6 Å². The van der Waals surface area contributed by atoms with Gasteiger partial charge in [-0.25, -0.2) is 23.7 Å². The normalized spacial score (nSPS) is 13.4. The molecule has 0 saturated heterocycles. The Morgan fingerprint density at radius 2 is 1.88 bits per heavy atom. The predicted molar refractivity (Wildman–Crippen MR) is 123 cm³/mol. The van der Waals surface area contributed by atoms with Gasteiger partial charge in [-0.1, -0.05) is 65.6 Å². The number of nitrogens with two attached hydrogens (primary N) is 1. The van der Waals surface area contributed by atoms with Crippen LogP contribution in [0, 0.1) is 11.6 Å². The molecule has 0 bridgehead atoms. The number of thiazole rings is 1. The molecule has 0 aliphatic rings. The van der Waals surface area contributed by atoms with E-state index in [2.05, 4.69) is 20.3 Å². The summed E-state index contributed by atoms with van der Waals surface area (Å²) in [6, 6.07) is 13.2. The smallest absolute Gasteiger partial charge is 0.190 e. The predicted octanol–water partition coefficient (Wildman–Crippen LogP) is 4.45. The Morgan fingerprint density at radius 3 is 2.66 bits per heavy atom. The third-order valence-corrected chi connectivity index (χ3v) is 6.73. The number of aromatic nitrogens is 3. The van der Waals surface area contributed by atoms with Crippen LogP contribution in [0.5, 0.6) is 0 Å². The molecule has 10 heteroatoms. The van der Waals surface area contributed by atoms with E-state index < -0.39 is 17.7 Å². The van der Waals surface area contributed by atoms with E-state index in [1.54, 1.807) is 0 Å². The Morgan fingerprint density at radius 1 is 1.09 bits per heavy atom. The number of hydrogen-bond acceptors (Lipinski definition) is 8. The molecule has 0 saturated carbocycles. The molecule has 0 aliphatic heterocycles. The molecule has 0 fully saturated rings. The van der Waals surface area contributed by atoms with Gasteiger partial charge >= 0.3 is 0 Å². The van der Waals surface area contributed by atoms with E-state index in [9.17, 15) is 13.9 Å². The number of nitrogens with zero attached hydrogens (tertiary/aromatic N) is 3. The molecule has 2 aromatic heterocycles. The fourth-order valence-corrected chi connectivity index (χ4v) is 4.76. The van der Waals surface area contributed by atoms with Crippen LogP contribution in [0.2, 0.25) is 0 Å². The van der Waals surface area contributed by atoms with Crippen LogP contribution >= 0.6 is 23.1 Å². The number of aliphatic hydroxyl groups is 1. The maximum absolute atomic E-state index is 14.0. The largest absolute Gasteiger partial charge is 0.387 e. The molecular formula is C22H21F2N5OS2. The zero-order valence-corrected chi connectivity index (χ0v) is 18.8. The summed E-state index contributed by atoms with van der Waals surface area (Å²) in [5.41, 5.74) is 8.06. The van der Waals surface area contributed by atoms with Crippen molar-refractivity contribution in [2.75, 3.05) is 5.73 Å². The molecule has 166 valence electrons. The van der Waals surface area contributed by atoms with Crippen molar-refractivity contribution in [2.45, 2.75) is 36.5 Å². The minimum Gasteiger partial charge on any atom is -0.387 e. The van der Waals surface area contributed by atoms with E-state index in [1.807, 2.05) is 37.3 Å². The number of anilines is 1. The van der Waals surface area contributed by atoms with Gasteiger partial charge in [0.25, 0.3) is 0 Å². The topological polar surface area (TPSA) is 97.0 Å². The molecule has 0 amide bonds. The summed E-state index contributed by atoms with van der Waals surface area (Å²) in [6.45, 7) is 2.24. The van der Waals surface area contributed by atoms with Gasteiger partial charge in [-0.2, -0.15) is 0 Å². The van der Waals surface area contributed by atoms with E-state index in [-0.39, 0.29) is 17.4 Å². The summed E-state index contributed by atoms with van der Waals surface area (Å²) >= 11 is 2.47. The number of thioether (sulfide) groups is 1. The Hall–Kier alpha value is -2.66. The highest BCUT2D eigenvalue weighted by Crippen LogP contribution is 2.29. The van der Waals surface area contributed by atoms with Crippen molar-refractivity contribution in [3.05, 3.63) is 77.0 Å². The fourth-order valence-electron chi connectivity index (χ4n) is 3.17. The second kappa shape index (κ2) is 9.86. The van der Waals surface area contributed by atoms with E-state index in [0.717, 1.165) is 16.3 Å². The van der Waals surface area contributed by atoms with Crippen molar-refractivity contribution in [1.82, 2.24) is 20.3 Å². The van der Waals surface area contributed by atoms with Crippen LogP contribution in [-0.4, -0.2) is 26.1 Å². The minimum absolute atomic E-state index is 0.171. The van der Waals surface area contributed by atoms with E-state index in [1.165, 1.54) is 35.2 Å². The second-order valence-electron chi connectivity index (χ2n) is 7.18. The highest BCUT2D eigenvalue weighted by molar-refractivity contribution is 7.98. The Labute approximate surface area is 191 Å². The van der Waals surface area contributed by atoms with Gasteiger partial charge < -0.3 is 16.2 Å². The van der Waals surface area contributed by atoms with E-state index >= 15 is 0 Å². The van der Waals surface area contributed by atoms with Crippen LogP contribution in [0.15, 0.2) is 53.7 Å². The van der Waals surface area contributed by atoms with Crippen molar-refractivity contribution < 1.29 is 13.9 Å². The van der Waals surface area contributed by atoms with Gasteiger partial charge in [0, 0.05) is 23.9 Å². The summed E-state index contributed by atoms with van der Waals surface area (Å²) < 4.78 is 28.2. The number of benzene rings is 2. The number of hydrogen-bond donors (Lipinski definition) is 3. The maximum Gasteiger partial charge on any atom is 0.190 e. The molecule has 4 aromatic rings. The first-order valence-corrected chi connectivity index (χ1v) is 11.7. The lowest BCUT2D eigenvalue weighted by molar-refractivity contribution is 0.135. The van der Waals surface area contributed by atoms with Gasteiger partial charge in [0.15, 0.2) is 27.6 Å². The summed E-state index contributed by atoms with van der Waals surface area (Å²) in [6.07, 6.45) is -0.690. The number of fused-ring (bicyclic) bond motifs is 1. The van der Waals surface area contributed by atoms with Gasteiger partial charge in [-0.3, -0.25) is 0 Å². The molecule has 32 heavy (non-hydrogen) atoms. The molecule has 4 rings (SSSR count).